The molecule has 0 spiro atoms. The van der Waals surface area contributed by atoms with E-state index in [0.717, 1.165) is 0 Å². The summed E-state index contributed by atoms with van der Waals surface area (Å²) >= 11 is 11.7. The number of aryl methyl sites for hydroxylation is 2. The summed E-state index contributed by atoms with van der Waals surface area (Å²) < 4.78 is 1.30. The third-order valence-electron chi connectivity index (χ3n) is 2.79. The van der Waals surface area contributed by atoms with Crippen LogP contribution in [0.1, 0.15) is 11.4 Å². The predicted molar refractivity (Wildman–Crippen MR) is 83.1 cm³/mol. The topological polar surface area (TPSA) is 64.0 Å². The summed E-state index contributed by atoms with van der Waals surface area (Å²) in [5, 5.41) is 3.48. The number of hydrogen-bond acceptors (Lipinski definition) is 3. The van der Waals surface area contributed by atoms with E-state index in [-0.39, 0.29) is 12.5 Å². The lowest BCUT2D eigenvalue weighted by molar-refractivity contribution is -0.116. The molecule has 7 heteroatoms. The molecule has 0 saturated heterocycles. The molecule has 0 saturated carbocycles. The minimum absolute atomic E-state index is 0.123. The molecular weight excluding hydrogens is 313 g/mol. The molecule has 1 N–H and O–H groups in total. The molecular formula is C14H13Cl2N3O2. The van der Waals surface area contributed by atoms with Crippen LogP contribution < -0.4 is 11.0 Å². The lowest BCUT2D eigenvalue weighted by Gasteiger charge is -2.10. The fourth-order valence-corrected chi connectivity index (χ4v) is 2.46. The smallest absolute Gasteiger partial charge is 0.324 e. The van der Waals surface area contributed by atoms with E-state index in [4.69, 9.17) is 23.2 Å². The lowest BCUT2D eigenvalue weighted by atomic mass is 10.3. The Hall–Kier alpha value is -1.85. The van der Waals surface area contributed by atoms with E-state index < -0.39 is 5.69 Å². The standard InChI is InChI=1S/C14H13Cl2N3O2/c1-8-3-9(2)19(14(21)17-8)7-13(20)18-12-5-10(15)4-11(16)6-12/h3-6H,7H2,1-2H3,(H,18,20). The first-order valence-electron chi connectivity index (χ1n) is 6.16. The van der Waals surface area contributed by atoms with Gasteiger partial charge in [0.1, 0.15) is 6.54 Å². The molecule has 0 unspecified atom stereocenters. The molecule has 1 aromatic heterocycles. The van der Waals surface area contributed by atoms with Crippen LogP contribution in [0.2, 0.25) is 10.0 Å². The van der Waals surface area contributed by atoms with Gasteiger partial charge in [-0.05, 0) is 38.1 Å². The highest BCUT2D eigenvalue weighted by molar-refractivity contribution is 6.35. The zero-order valence-electron chi connectivity index (χ0n) is 11.5. The molecule has 0 fully saturated rings. The van der Waals surface area contributed by atoms with Gasteiger partial charge in [-0.3, -0.25) is 9.36 Å². The van der Waals surface area contributed by atoms with Crippen LogP contribution in [0.5, 0.6) is 0 Å². The van der Waals surface area contributed by atoms with E-state index in [2.05, 4.69) is 10.3 Å². The van der Waals surface area contributed by atoms with Crippen molar-refractivity contribution in [3.05, 3.63) is 56.2 Å². The predicted octanol–water partition coefficient (Wildman–Crippen LogP) is 2.81. The van der Waals surface area contributed by atoms with Gasteiger partial charge in [-0.1, -0.05) is 23.2 Å². The first-order chi connectivity index (χ1) is 9.85. The van der Waals surface area contributed by atoms with Gasteiger partial charge in [0.2, 0.25) is 5.91 Å². The molecule has 0 radical (unpaired) electrons. The fourth-order valence-electron chi connectivity index (χ4n) is 1.94. The molecule has 21 heavy (non-hydrogen) atoms. The monoisotopic (exact) mass is 325 g/mol. The maximum Gasteiger partial charge on any atom is 0.348 e. The Morgan fingerprint density at radius 1 is 1.19 bits per heavy atom. The first-order valence-corrected chi connectivity index (χ1v) is 6.92. The molecule has 0 bridgehead atoms. The van der Waals surface area contributed by atoms with Gasteiger partial charge < -0.3 is 5.32 Å². The first kappa shape index (κ1) is 15.5. The number of nitrogens with one attached hydrogen (secondary N) is 1. The third-order valence-corrected chi connectivity index (χ3v) is 3.23. The molecule has 0 aliphatic carbocycles. The van der Waals surface area contributed by atoms with Crippen LogP contribution in [-0.2, 0) is 11.3 Å². The van der Waals surface area contributed by atoms with Gasteiger partial charge in [-0.2, -0.15) is 4.98 Å². The zero-order valence-corrected chi connectivity index (χ0v) is 13.0. The Morgan fingerprint density at radius 3 is 2.38 bits per heavy atom. The summed E-state index contributed by atoms with van der Waals surface area (Å²) in [5.74, 6) is -0.357. The van der Waals surface area contributed by atoms with Gasteiger partial charge in [0.05, 0.1) is 0 Å². The van der Waals surface area contributed by atoms with Gasteiger partial charge in [0.25, 0.3) is 0 Å². The van der Waals surface area contributed by atoms with E-state index >= 15 is 0 Å². The van der Waals surface area contributed by atoms with Crippen molar-refractivity contribution >= 4 is 34.8 Å². The molecule has 2 rings (SSSR count). The summed E-state index contributed by atoms with van der Waals surface area (Å²) in [6.07, 6.45) is 0. The van der Waals surface area contributed by atoms with Crippen molar-refractivity contribution in [3.8, 4) is 0 Å². The van der Waals surface area contributed by atoms with E-state index in [1.807, 2.05) is 0 Å². The second kappa shape index (κ2) is 6.28. The van der Waals surface area contributed by atoms with Crippen LogP contribution in [0, 0.1) is 13.8 Å². The summed E-state index contributed by atoms with van der Waals surface area (Å²) in [6, 6.07) is 6.46. The summed E-state index contributed by atoms with van der Waals surface area (Å²) in [7, 11) is 0. The summed E-state index contributed by atoms with van der Waals surface area (Å²) in [5.41, 5.74) is 1.32. The molecule has 0 atom stereocenters. The van der Waals surface area contributed by atoms with Crippen LogP contribution in [0.25, 0.3) is 0 Å². The SMILES string of the molecule is Cc1cc(C)n(CC(=O)Nc2cc(Cl)cc(Cl)c2)c(=O)n1. The number of hydrogen-bond donors (Lipinski definition) is 1. The highest BCUT2D eigenvalue weighted by Gasteiger charge is 2.09. The number of anilines is 1. The van der Waals surface area contributed by atoms with Crippen LogP contribution in [-0.4, -0.2) is 15.5 Å². The van der Waals surface area contributed by atoms with Crippen LogP contribution in [0.4, 0.5) is 5.69 Å². The fraction of sp³-hybridized carbons (Fsp3) is 0.214. The molecule has 1 amide bonds. The van der Waals surface area contributed by atoms with Crippen molar-refractivity contribution in [3.63, 3.8) is 0 Å². The van der Waals surface area contributed by atoms with Crippen molar-refractivity contribution in [2.24, 2.45) is 0 Å². The average Bonchev–Trinajstić information content (AvgIpc) is 2.32. The molecule has 1 heterocycles. The Kier molecular flexibility index (Phi) is 4.65. The normalized spacial score (nSPS) is 10.5. The van der Waals surface area contributed by atoms with E-state index in [1.165, 1.54) is 4.57 Å². The Morgan fingerprint density at radius 2 is 1.81 bits per heavy atom. The van der Waals surface area contributed by atoms with Crippen molar-refractivity contribution in [2.45, 2.75) is 20.4 Å². The molecule has 110 valence electrons. The number of benzene rings is 1. The number of rotatable bonds is 3. The minimum atomic E-state index is -0.452. The van der Waals surface area contributed by atoms with Crippen molar-refractivity contribution in [1.82, 2.24) is 9.55 Å². The number of amides is 1. The number of carbonyl (C=O) groups is 1. The molecule has 0 aliphatic heterocycles. The Balaban J connectivity index is 2.17. The third kappa shape index (κ3) is 4.06. The highest BCUT2D eigenvalue weighted by Crippen LogP contribution is 2.22. The van der Waals surface area contributed by atoms with Crippen LogP contribution in [0.15, 0.2) is 29.1 Å². The summed E-state index contributed by atoms with van der Waals surface area (Å²) in [6.45, 7) is 3.36. The van der Waals surface area contributed by atoms with Gasteiger partial charge >= 0.3 is 5.69 Å². The van der Waals surface area contributed by atoms with Gasteiger partial charge in [0.15, 0.2) is 0 Å². The number of halogens is 2. The van der Waals surface area contributed by atoms with Gasteiger partial charge in [-0.15, -0.1) is 0 Å². The largest absolute Gasteiger partial charge is 0.348 e. The maximum absolute atomic E-state index is 12.0. The molecule has 0 aliphatic rings. The summed E-state index contributed by atoms with van der Waals surface area (Å²) in [4.78, 5) is 27.6. The second-order valence-electron chi connectivity index (χ2n) is 4.61. The van der Waals surface area contributed by atoms with E-state index in [9.17, 15) is 9.59 Å². The van der Waals surface area contributed by atoms with Gasteiger partial charge in [0, 0.05) is 27.1 Å². The minimum Gasteiger partial charge on any atom is -0.324 e. The molecule has 1 aromatic carbocycles. The van der Waals surface area contributed by atoms with E-state index in [1.54, 1.807) is 38.1 Å². The molecule has 2 aromatic rings. The van der Waals surface area contributed by atoms with Gasteiger partial charge in [-0.25, -0.2) is 4.79 Å². The van der Waals surface area contributed by atoms with Crippen molar-refractivity contribution in [2.75, 3.05) is 5.32 Å². The van der Waals surface area contributed by atoms with Crippen molar-refractivity contribution < 1.29 is 4.79 Å². The maximum atomic E-state index is 12.0. The quantitative estimate of drug-likeness (QED) is 0.943. The Bertz CT molecular complexity index is 736. The number of nitrogens with zero attached hydrogens (tertiary/aromatic N) is 2. The zero-order chi connectivity index (χ0) is 15.6. The van der Waals surface area contributed by atoms with Crippen molar-refractivity contribution in [1.29, 1.82) is 0 Å². The average molecular weight is 326 g/mol. The van der Waals surface area contributed by atoms with Crippen LogP contribution >= 0.6 is 23.2 Å². The number of aromatic nitrogens is 2. The molecule has 5 nitrogen and oxygen atoms in total. The van der Waals surface area contributed by atoms with E-state index in [0.29, 0.717) is 27.1 Å². The lowest BCUT2D eigenvalue weighted by Crippen LogP contribution is -2.31. The Labute approximate surface area is 131 Å². The van der Waals surface area contributed by atoms with Crippen LogP contribution in [0.3, 0.4) is 0 Å². The second-order valence-corrected chi connectivity index (χ2v) is 5.49. The number of carbonyl (C=O) groups excluding carboxylic acids is 1. The highest BCUT2D eigenvalue weighted by atomic mass is 35.5.